The van der Waals surface area contributed by atoms with E-state index in [0.29, 0.717) is 6.42 Å². The molecule has 0 radical (unpaired) electrons. The molecule has 2 rings (SSSR count). The second kappa shape index (κ2) is 9.55. The molecule has 0 spiro atoms. The van der Waals surface area contributed by atoms with Crippen molar-refractivity contribution in [2.24, 2.45) is 0 Å². The first kappa shape index (κ1) is 18.6. The number of carbonyl (C=O) groups is 1. The minimum Gasteiger partial charge on any atom is -0.293 e. The van der Waals surface area contributed by atoms with Crippen molar-refractivity contribution in [3.8, 4) is 0 Å². The van der Waals surface area contributed by atoms with Gasteiger partial charge >= 0.3 is 0 Å². The summed E-state index contributed by atoms with van der Waals surface area (Å²) < 4.78 is 4.48. The SMILES string of the molecule is CCCCCCCCCCC(=O)c1sc2c(Br)csc2c1Br. The van der Waals surface area contributed by atoms with Crippen LogP contribution in [0.3, 0.4) is 0 Å². The van der Waals surface area contributed by atoms with Gasteiger partial charge in [0.05, 0.1) is 18.7 Å². The first-order valence-electron chi connectivity index (χ1n) is 8.03. The van der Waals surface area contributed by atoms with Crippen molar-refractivity contribution in [3.63, 3.8) is 0 Å². The number of rotatable bonds is 10. The first-order chi connectivity index (χ1) is 10.6. The van der Waals surface area contributed by atoms with Crippen LogP contribution in [0.2, 0.25) is 0 Å². The molecule has 0 saturated heterocycles. The van der Waals surface area contributed by atoms with Gasteiger partial charge in [0, 0.05) is 16.3 Å². The number of hydrogen-bond donors (Lipinski definition) is 0. The van der Waals surface area contributed by atoms with Crippen LogP contribution < -0.4 is 0 Å². The molecule has 5 heteroatoms. The Labute approximate surface area is 157 Å². The van der Waals surface area contributed by atoms with Gasteiger partial charge in [-0.05, 0) is 38.3 Å². The molecule has 0 unspecified atom stereocenters. The van der Waals surface area contributed by atoms with E-state index in [4.69, 9.17) is 0 Å². The summed E-state index contributed by atoms with van der Waals surface area (Å²) in [6, 6.07) is 0. The van der Waals surface area contributed by atoms with Crippen molar-refractivity contribution >= 4 is 69.7 Å². The molecule has 0 aliphatic rings. The average Bonchev–Trinajstić information content (AvgIpc) is 3.03. The predicted molar refractivity (Wildman–Crippen MR) is 107 cm³/mol. The van der Waals surface area contributed by atoms with Crippen molar-refractivity contribution in [2.75, 3.05) is 0 Å². The third kappa shape index (κ3) is 4.89. The molecule has 0 aliphatic heterocycles. The molecule has 22 heavy (non-hydrogen) atoms. The summed E-state index contributed by atoms with van der Waals surface area (Å²) in [4.78, 5) is 13.3. The van der Waals surface area contributed by atoms with Crippen molar-refractivity contribution < 1.29 is 4.79 Å². The van der Waals surface area contributed by atoms with E-state index < -0.39 is 0 Å². The maximum absolute atomic E-state index is 12.4. The zero-order chi connectivity index (χ0) is 15.9. The van der Waals surface area contributed by atoms with Gasteiger partial charge in [0.1, 0.15) is 0 Å². The van der Waals surface area contributed by atoms with E-state index in [9.17, 15) is 4.79 Å². The summed E-state index contributed by atoms with van der Waals surface area (Å²) >= 11 is 10.4. The molecular weight excluding hydrogens is 444 g/mol. The van der Waals surface area contributed by atoms with Gasteiger partial charge in [-0.25, -0.2) is 0 Å². The fourth-order valence-corrected chi connectivity index (χ4v) is 6.59. The van der Waals surface area contributed by atoms with Crippen molar-refractivity contribution in [1.82, 2.24) is 0 Å². The molecule has 0 atom stereocenters. The molecular formula is C17H22Br2OS2. The van der Waals surface area contributed by atoms with Gasteiger partial charge in [0.15, 0.2) is 5.78 Å². The number of carbonyl (C=O) groups excluding carboxylic acids is 1. The highest BCUT2D eigenvalue weighted by atomic mass is 79.9. The number of fused-ring (bicyclic) bond motifs is 1. The fraction of sp³-hybridized carbons (Fsp3) is 0.588. The molecule has 0 aromatic carbocycles. The molecule has 2 aromatic heterocycles. The van der Waals surface area contributed by atoms with Crippen LogP contribution in [0.15, 0.2) is 14.3 Å². The van der Waals surface area contributed by atoms with Crippen LogP contribution in [0.4, 0.5) is 0 Å². The molecule has 0 aliphatic carbocycles. The molecule has 0 fully saturated rings. The van der Waals surface area contributed by atoms with Crippen LogP contribution in [0, 0.1) is 0 Å². The van der Waals surface area contributed by atoms with Crippen LogP contribution in [0.25, 0.3) is 9.40 Å². The third-order valence-corrected chi connectivity index (χ3v) is 8.72. The number of unbranched alkanes of at least 4 members (excludes halogenated alkanes) is 7. The maximum Gasteiger partial charge on any atom is 0.174 e. The van der Waals surface area contributed by atoms with Crippen LogP contribution in [-0.4, -0.2) is 5.78 Å². The number of ketones is 1. The fourth-order valence-electron chi connectivity index (χ4n) is 2.53. The Morgan fingerprint density at radius 3 is 2.27 bits per heavy atom. The van der Waals surface area contributed by atoms with E-state index in [0.717, 1.165) is 20.2 Å². The molecule has 1 nitrogen and oxygen atoms in total. The normalized spacial score (nSPS) is 11.4. The van der Waals surface area contributed by atoms with Crippen LogP contribution >= 0.6 is 54.5 Å². The molecule has 122 valence electrons. The lowest BCUT2D eigenvalue weighted by Gasteiger charge is -2.01. The summed E-state index contributed by atoms with van der Waals surface area (Å²) in [5, 5.41) is 2.08. The van der Waals surface area contributed by atoms with E-state index in [1.54, 1.807) is 22.7 Å². The summed E-state index contributed by atoms with van der Waals surface area (Å²) in [5.41, 5.74) is 0. The topological polar surface area (TPSA) is 17.1 Å². The van der Waals surface area contributed by atoms with Crippen molar-refractivity contribution in [3.05, 3.63) is 19.2 Å². The average molecular weight is 466 g/mol. The van der Waals surface area contributed by atoms with Gasteiger partial charge in [-0.3, -0.25) is 4.79 Å². The molecule has 0 bridgehead atoms. The maximum atomic E-state index is 12.4. The zero-order valence-electron chi connectivity index (χ0n) is 12.9. The van der Waals surface area contributed by atoms with Gasteiger partial charge in [-0.2, -0.15) is 0 Å². The molecule has 0 saturated carbocycles. The Kier molecular flexibility index (Phi) is 8.09. The smallest absolute Gasteiger partial charge is 0.174 e. The van der Waals surface area contributed by atoms with Gasteiger partial charge in [-0.15, -0.1) is 22.7 Å². The van der Waals surface area contributed by atoms with Gasteiger partial charge in [-0.1, -0.05) is 51.9 Å². The van der Waals surface area contributed by atoms with Gasteiger partial charge < -0.3 is 0 Å². The van der Waals surface area contributed by atoms with Gasteiger partial charge in [0.25, 0.3) is 0 Å². The highest BCUT2D eigenvalue weighted by molar-refractivity contribution is 9.11. The monoisotopic (exact) mass is 464 g/mol. The summed E-state index contributed by atoms with van der Waals surface area (Å²) in [6.45, 7) is 2.25. The summed E-state index contributed by atoms with van der Waals surface area (Å²) in [7, 11) is 0. The third-order valence-electron chi connectivity index (χ3n) is 3.82. The first-order valence-corrected chi connectivity index (χ1v) is 11.3. The number of thiophene rings is 2. The lowest BCUT2D eigenvalue weighted by molar-refractivity contribution is 0.0982. The van der Waals surface area contributed by atoms with E-state index in [-0.39, 0.29) is 5.78 Å². The highest BCUT2D eigenvalue weighted by Gasteiger charge is 2.18. The van der Waals surface area contributed by atoms with E-state index >= 15 is 0 Å². The Balaban J connectivity index is 1.74. The minimum atomic E-state index is 0.290. The zero-order valence-corrected chi connectivity index (χ0v) is 17.7. The van der Waals surface area contributed by atoms with E-state index in [1.165, 1.54) is 54.3 Å². The van der Waals surface area contributed by atoms with Gasteiger partial charge in [0.2, 0.25) is 0 Å². The lowest BCUT2D eigenvalue weighted by atomic mass is 10.1. The Hall–Kier alpha value is 0.290. The highest BCUT2D eigenvalue weighted by Crippen LogP contribution is 2.44. The number of Topliss-reactive ketones (excluding diaryl/α,β-unsaturated/α-hetero) is 1. The largest absolute Gasteiger partial charge is 0.293 e. The quantitative estimate of drug-likeness (QED) is 0.255. The second-order valence-corrected chi connectivity index (χ2v) is 9.18. The molecule has 0 N–H and O–H groups in total. The number of halogens is 2. The Bertz CT molecular complexity index is 615. The Morgan fingerprint density at radius 1 is 1.00 bits per heavy atom. The van der Waals surface area contributed by atoms with Crippen LogP contribution in [0.5, 0.6) is 0 Å². The summed E-state index contributed by atoms with van der Waals surface area (Å²) in [6.07, 6.45) is 10.8. The lowest BCUT2D eigenvalue weighted by Crippen LogP contribution is -1.96. The molecule has 2 heterocycles. The second-order valence-electron chi connectivity index (χ2n) is 5.64. The summed E-state index contributed by atoms with van der Waals surface area (Å²) in [5.74, 6) is 0.290. The Morgan fingerprint density at radius 2 is 1.64 bits per heavy atom. The van der Waals surface area contributed by atoms with Crippen molar-refractivity contribution in [2.45, 2.75) is 64.7 Å². The van der Waals surface area contributed by atoms with E-state index in [1.807, 2.05) is 0 Å². The molecule has 0 amide bonds. The van der Waals surface area contributed by atoms with Crippen molar-refractivity contribution in [1.29, 1.82) is 0 Å². The standard InChI is InChI=1S/C17H22Br2OS2/c1-2-3-4-5-6-7-8-9-10-13(20)16-14(19)17-15(22-16)12(18)11-21-17/h11H,2-10H2,1H3. The van der Waals surface area contributed by atoms with Crippen LogP contribution in [0.1, 0.15) is 74.4 Å². The minimum absolute atomic E-state index is 0.290. The predicted octanol–water partition coefficient (Wildman–Crippen LogP) is 8.20. The molecule has 2 aromatic rings. The van der Waals surface area contributed by atoms with E-state index in [2.05, 4.69) is 44.2 Å². The van der Waals surface area contributed by atoms with Crippen LogP contribution in [-0.2, 0) is 0 Å². The number of hydrogen-bond acceptors (Lipinski definition) is 3.